The molecule has 0 spiro atoms. The minimum Gasteiger partial charge on any atom is -0.493 e. The molecule has 20 heavy (non-hydrogen) atoms. The van der Waals surface area contributed by atoms with E-state index in [4.69, 9.17) is 9.47 Å². The number of methoxy groups -OCH3 is 2. The molecule has 2 aromatic rings. The van der Waals surface area contributed by atoms with E-state index in [2.05, 4.69) is 15.4 Å². The number of nitrogens with zero attached hydrogens (tertiary/aromatic N) is 3. The predicted octanol–water partition coefficient (Wildman–Crippen LogP) is 1.16. The second kappa shape index (κ2) is 6.91. The highest BCUT2D eigenvalue weighted by molar-refractivity contribution is 5.42. The van der Waals surface area contributed by atoms with Crippen LogP contribution in [0.4, 0.5) is 0 Å². The summed E-state index contributed by atoms with van der Waals surface area (Å²) in [5, 5.41) is 7.49. The Hall–Kier alpha value is -2.08. The van der Waals surface area contributed by atoms with Crippen LogP contribution >= 0.6 is 0 Å². The average Bonchev–Trinajstić information content (AvgIpc) is 2.88. The van der Waals surface area contributed by atoms with Crippen LogP contribution in [-0.2, 0) is 20.0 Å². The molecule has 0 aliphatic rings. The monoisotopic (exact) mass is 276 g/mol. The number of aromatic nitrogens is 3. The molecule has 2 rings (SSSR count). The Morgan fingerprint density at radius 2 is 2.15 bits per heavy atom. The molecule has 0 bridgehead atoms. The quantitative estimate of drug-likeness (QED) is 0.769. The van der Waals surface area contributed by atoms with Gasteiger partial charge in [0.15, 0.2) is 11.5 Å². The molecular formula is C14H20N4O2. The van der Waals surface area contributed by atoms with Gasteiger partial charge in [-0.05, 0) is 18.5 Å². The number of nitrogens with one attached hydrogen (secondary N) is 1. The Morgan fingerprint density at radius 3 is 2.80 bits per heavy atom. The number of hydrogen-bond acceptors (Lipinski definition) is 5. The fourth-order valence-electron chi connectivity index (χ4n) is 2.02. The molecule has 0 aliphatic carbocycles. The fourth-order valence-corrected chi connectivity index (χ4v) is 2.02. The van der Waals surface area contributed by atoms with Crippen LogP contribution in [0.2, 0.25) is 0 Å². The standard InChI is InChI=1S/C14H20N4O2/c1-18-10-11(8-17-18)4-6-15-9-12-14(20-3)13(19-2)5-7-16-12/h5,7-8,10,15H,4,6,9H2,1-3H3. The summed E-state index contributed by atoms with van der Waals surface area (Å²) in [4.78, 5) is 4.32. The summed E-state index contributed by atoms with van der Waals surface area (Å²) in [6, 6.07) is 1.79. The van der Waals surface area contributed by atoms with Gasteiger partial charge in [0.1, 0.15) is 0 Å². The number of hydrogen-bond donors (Lipinski definition) is 1. The van der Waals surface area contributed by atoms with Gasteiger partial charge in [0.2, 0.25) is 0 Å². The molecule has 2 aromatic heterocycles. The van der Waals surface area contributed by atoms with Gasteiger partial charge in [-0.2, -0.15) is 5.10 Å². The Labute approximate surface area is 118 Å². The third-order valence-electron chi connectivity index (χ3n) is 3.01. The summed E-state index contributed by atoms with van der Waals surface area (Å²) < 4.78 is 12.4. The second-order valence-electron chi connectivity index (χ2n) is 4.44. The van der Waals surface area contributed by atoms with E-state index in [1.54, 1.807) is 26.5 Å². The number of pyridine rings is 1. The van der Waals surface area contributed by atoms with Gasteiger partial charge in [-0.25, -0.2) is 0 Å². The van der Waals surface area contributed by atoms with Gasteiger partial charge >= 0.3 is 0 Å². The Balaban J connectivity index is 1.87. The van der Waals surface area contributed by atoms with Crippen molar-refractivity contribution in [3.05, 3.63) is 35.9 Å². The second-order valence-corrected chi connectivity index (χ2v) is 4.44. The summed E-state index contributed by atoms with van der Waals surface area (Å²) >= 11 is 0. The summed E-state index contributed by atoms with van der Waals surface area (Å²) in [5.41, 5.74) is 2.06. The minimum absolute atomic E-state index is 0.640. The molecule has 0 aromatic carbocycles. The first kappa shape index (κ1) is 14.3. The van der Waals surface area contributed by atoms with Crippen molar-refractivity contribution >= 4 is 0 Å². The molecule has 0 amide bonds. The molecule has 0 saturated carbocycles. The van der Waals surface area contributed by atoms with Gasteiger partial charge < -0.3 is 14.8 Å². The molecule has 0 unspecified atom stereocenters. The molecule has 6 heteroatoms. The van der Waals surface area contributed by atoms with E-state index in [0.29, 0.717) is 18.0 Å². The highest BCUT2D eigenvalue weighted by Gasteiger charge is 2.10. The third kappa shape index (κ3) is 3.48. The smallest absolute Gasteiger partial charge is 0.183 e. The fraction of sp³-hybridized carbons (Fsp3) is 0.429. The summed E-state index contributed by atoms with van der Waals surface area (Å²) in [6.45, 7) is 1.49. The van der Waals surface area contributed by atoms with Crippen LogP contribution in [0.5, 0.6) is 11.5 Å². The molecule has 2 heterocycles. The van der Waals surface area contributed by atoms with Crippen molar-refractivity contribution < 1.29 is 9.47 Å². The molecule has 0 radical (unpaired) electrons. The summed E-state index contributed by atoms with van der Waals surface area (Å²) in [5.74, 6) is 1.38. The van der Waals surface area contributed by atoms with E-state index in [0.717, 1.165) is 18.7 Å². The lowest BCUT2D eigenvalue weighted by atomic mass is 10.2. The third-order valence-corrected chi connectivity index (χ3v) is 3.01. The molecule has 1 N–H and O–H groups in total. The van der Waals surface area contributed by atoms with E-state index >= 15 is 0 Å². The van der Waals surface area contributed by atoms with Gasteiger partial charge in [0, 0.05) is 32.1 Å². The maximum Gasteiger partial charge on any atom is 0.183 e. The number of rotatable bonds is 7. The Morgan fingerprint density at radius 1 is 1.30 bits per heavy atom. The van der Waals surface area contributed by atoms with E-state index in [1.807, 2.05) is 24.1 Å². The normalized spacial score (nSPS) is 10.6. The highest BCUT2D eigenvalue weighted by Crippen LogP contribution is 2.28. The molecule has 0 aliphatic heterocycles. The Bertz CT molecular complexity index is 554. The zero-order valence-corrected chi connectivity index (χ0v) is 12.1. The summed E-state index contributed by atoms with van der Waals surface area (Å²) in [6.07, 6.45) is 6.55. The first-order valence-electron chi connectivity index (χ1n) is 6.48. The van der Waals surface area contributed by atoms with Crippen molar-refractivity contribution in [3.63, 3.8) is 0 Å². The lowest BCUT2D eigenvalue weighted by Crippen LogP contribution is -2.18. The van der Waals surface area contributed by atoms with Crippen molar-refractivity contribution in [1.82, 2.24) is 20.1 Å². The van der Waals surface area contributed by atoms with Crippen LogP contribution in [0.25, 0.3) is 0 Å². The zero-order valence-electron chi connectivity index (χ0n) is 12.1. The Kier molecular flexibility index (Phi) is 4.95. The van der Waals surface area contributed by atoms with Gasteiger partial charge in [0.25, 0.3) is 0 Å². The van der Waals surface area contributed by atoms with Crippen LogP contribution in [-0.4, -0.2) is 35.5 Å². The van der Waals surface area contributed by atoms with Crippen molar-refractivity contribution in [2.45, 2.75) is 13.0 Å². The molecule has 0 atom stereocenters. The molecule has 0 fully saturated rings. The lowest BCUT2D eigenvalue weighted by molar-refractivity contribution is 0.348. The first-order chi connectivity index (χ1) is 9.74. The van der Waals surface area contributed by atoms with E-state index in [1.165, 1.54) is 5.56 Å². The van der Waals surface area contributed by atoms with Gasteiger partial charge in [-0.1, -0.05) is 0 Å². The summed E-state index contributed by atoms with van der Waals surface area (Å²) in [7, 11) is 5.16. The molecule has 6 nitrogen and oxygen atoms in total. The zero-order chi connectivity index (χ0) is 14.4. The van der Waals surface area contributed by atoms with Crippen LogP contribution < -0.4 is 14.8 Å². The topological polar surface area (TPSA) is 61.2 Å². The lowest BCUT2D eigenvalue weighted by Gasteiger charge is -2.11. The van der Waals surface area contributed by atoms with E-state index < -0.39 is 0 Å². The van der Waals surface area contributed by atoms with Crippen molar-refractivity contribution in [3.8, 4) is 11.5 Å². The maximum absolute atomic E-state index is 5.35. The van der Waals surface area contributed by atoms with Gasteiger partial charge in [0.05, 0.1) is 26.1 Å². The molecular weight excluding hydrogens is 256 g/mol. The average molecular weight is 276 g/mol. The van der Waals surface area contributed by atoms with Crippen LogP contribution in [0.1, 0.15) is 11.3 Å². The molecule has 0 saturated heterocycles. The number of aryl methyl sites for hydroxylation is 1. The molecule has 108 valence electrons. The van der Waals surface area contributed by atoms with Gasteiger partial charge in [-0.15, -0.1) is 0 Å². The van der Waals surface area contributed by atoms with Crippen molar-refractivity contribution in [1.29, 1.82) is 0 Å². The predicted molar refractivity (Wildman–Crippen MR) is 76.0 cm³/mol. The highest BCUT2D eigenvalue weighted by atomic mass is 16.5. The van der Waals surface area contributed by atoms with Crippen molar-refractivity contribution in [2.75, 3.05) is 20.8 Å². The minimum atomic E-state index is 0.640. The van der Waals surface area contributed by atoms with Gasteiger partial charge in [-0.3, -0.25) is 9.67 Å². The van der Waals surface area contributed by atoms with Crippen LogP contribution in [0.3, 0.4) is 0 Å². The largest absolute Gasteiger partial charge is 0.493 e. The van der Waals surface area contributed by atoms with Crippen molar-refractivity contribution in [2.24, 2.45) is 7.05 Å². The van der Waals surface area contributed by atoms with E-state index in [-0.39, 0.29) is 0 Å². The van der Waals surface area contributed by atoms with E-state index in [9.17, 15) is 0 Å². The van der Waals surface area contributed by atoms with Crippen LogP contribution in [0, 0.1) is 0 Å². The number of ether oxygens (including phenoxy) is 2. The first-order valence-corrected chi connectivity index (χ1v) is 6.48. The SMILES string of the molecule is COc1ccnc(CNCCc2cnn(C)c2)c1OC. The van der Waals surface area contributed by atoms with Crippen LogP contribution in [0.15, 0.2) is 24.7 Å². The maximum atomic E-state index is 5.35.